The molecule has 5 rings (SSSR count). The van der Waals surface area contributed by atoms with Gasteiger partial charge < -0.3 is 21.3 Å². The summed E-state index contributed by atoms with van der Waals surface area (Å²) in [5.41, 5.74) is 1.10. The van der Waals surface area contributed by atoms with Gasteiger partial charge in [-0.2, -0.15) is 20.5 Å². The van der Waals surface area contributed by atoms with Crippen LogP contribution >= 0.6 is 81.2 Å². The lowest BCUT2D eigenvalue weighted by molar-refractivity contribution is -0.127. The Hall–Kier alpha value is -5.45. The summed E-state index contributed by atoms with van der Waals surface area (Å²) in [5.74, 6) is -4.53. The fraction of sp³-hybridized carbons (Fsp3) is 0.122. The highest BCUT2D eigenvalue weighted by Gasteiger charge is 2.27. The van der Waals surface area contributed by atoms with Gasteiger partial charge in [0.1, 0.15) is 11.4 Å². The second-order valence-corrected chi connectivity index (χ2v) is 15.6. The maximum absolute atomic E-state index is 13.4. The zero-order chi connectivity index (χ0) is 45.2. The van der Waals surface area contributed by atoms with Gasteiger partial charge >= 0.3 is 0 Å². The third kappa shape index (κ3) is 12.1. The van der Waals surface area contributed by atoms with E-state index in [4.69, 9.17) is 81.2 Å². The van der Waals surface area contributed by atoms with E-state index in [9.17, 15) is 28.8 Å². The molecule has 14 nitrogen and oxygen atoms in total. The Kier molecular flexibility index (Phi) is 16.6. The number of anilines is 4. The highest BCUT2D eigenvalue weighted by Crippen LogP contribution is 2.34. The van der Waals surface area contributed by atoms with Gasteiger partial charge in [-0.05, 0) is 98.3 Å². The average molecular weight is 978 g/mol. The first kappa shape index (κ1) is 47.6. The van der Waals surface area contributed by atoms with Gasteiger partial charge in [-0.1, -0.05) is 81.7 Å². The molecule has 0 heterocycles. The number of ketones is 2. The van der Waals surface area contributed by atoms with E-state index in [1.807, 2.05) is 0 Å². The van der Waals surface area contributed by atoms with E-state index in [1.165, 1.54) is 78.9 Å². The molecular formula is C41H29Cl7N8O6. The quantitative estimate of drug-likeness (QED) is 0.0457. The molecule has 2 unspecified atom stereocenters. The van der Waals surface area contributed by atoms with Crippen molar-refractivity contribution in [3.63, 3.8) is 0 Å². The summed E-state index contributed by atoms with van der Waals surface area (Å²) in [6.07, 6.45) is 0. The van der Waals surface area contributed by atoms with Crippen LogP contribution in [0.1, 0.15) is 40.1 Å². The van der Waals surface area contributed by atoms with Crippen LogP contribution in [-0.2, 0) is 25.1 Å². The number of alkyl halides is 1. The van der Waals surface area contributed by atoms with Crippen molar-refractivity contribution in [2.75, 3.05) is 21.3 Å². The number of carbonyl (C=O) groups excluding carboxylic acids is 6. The number of hydrogen-bond donors (Lipinski definition) is 4. The number of rotatable bonds is 15. The molecule has 5 aromatic carbocycles. The predicted octanol–water partition coefficient (Wildman–Crippen LogP) is 12.2. The lowest BCUT2D eigenvalue weighted by atomic mass is 10.1. The van der Waals surface area contributed by atoms with E-state index in [0.717, 1.165) is 13.8 Å². The van der Waals surface area contributed by atoms with Gasteiger partial charge in [0.2, 0.25) is 12.1 Å². The van der Waals surface area contributed by atoms with Crippen molar-refractivity contribution >= 4 is 151 Å². The molecule has 0 saturated carbocycles. The van der Waals surface area contributed by atoms with E-state index in [2.05, 4.69) is 41.7 Å². The van der Waals surface area contributed by atoms with Crippen LogP contribution in [0.15, 0.2) is 111 Å². The molecule has 0 aliphatic rings. The minimum absolute atomic E-state index is 0.000622. The number of amides is 4. The van der Waals surface area contributed by atoms with E-state index in [-0.39, 0.29) is 71.2 Å². The monoisotopic (exact) mass is 974 g/mol. The van der Waals surface area contributed by atoms with Crippen LogP contribution in [0.5, 0.6) is 0 Å². The summed E-state index contributed by atoms with van der Waals surface area (Å²) in [5, 5.41) is 27.1. The number of benzene rings is 5. The third-order valence-electron chi connectivity index (χ3n) is 8.40. The molecule has 0 radical (unpaired) electrons. The molecule has 4 amide bonds. The Balaban J connectivity index is 1.27. The predicted molar refractivity (Wildman–Crippen MR) is 243 cm³/mol. The van der Waals surface area contributed by atoms with Gasteiger partial charge in [-0.3, -0.25) is 28.8 Å². The number of nitrogens with zero attached hydrogens (tertiary/aromatic N) is 4. The number of Topliss-reactive ketones (excluding diaryl/α,β-unsaturated/α-hetero) is 2. The minimum atomic E-state index is -1.65. The number of azo groups is 2. The van der Waals surface area contributed by atoms with Crippen molar-refractivity contribution in [1.29, 1.82) is 0 Å². The Morgan fingerprint density at radius 1 is 0.532 bits per heavy atom. The van der Waals surface area contributed by atoms with Gasteiger partial charge in [0.05, 0.1) is 42.6 Å². The summed E-state index contributed by atoms with van der Waals surface area (Å²) in [7, 11) is 0. The van der Waals surface area contributed by atoms with Crippen LogP contribution in [-0.4, -0.2) is 47.3 Å². The fourth-order valence-corrected chi connectivity index (χ4v) is 6.70. The zero-order valence-corrected chi connectivity index (χ0v) is 37.2. The third-order valence-corrected chi connectivity index (χ3v) is 10.6. The Morgan fingerprint density at radius 2 is 0.984 bits per heavy atom. The van der Waals surface area contributed by atoms with Crippen LogP contribution in [0.3, 0.4) is 0 Å². The second-order valence-electron chi connectivity index (χ2n) is 12.9. The molecule has 0 fully saturated rings. The van der Waals surface area contributed by atoms with Gasteiger partial charge in [0, 0.05) is 27.3 Å². The van der Waals surface area contributed by atoms with E-state index in [1.54, 1.807) is 12.1 Å². The van der Waals surface area contributed by atoms with Gasteiger partial charge in [0.25, 0.3) is 23.6 Å². The summed E-state index contributed by atoms with van der Waals surface area (Å²) < 4.78 is 0. The molecule has 0 aliphatic heterocycles. The van der Waals surface area contributed by atoms with E-state index in [0.29, 0.717) is 15.6 Å². The summed E-state index contributed by atoms with van der Waals surface area (Å²) in [4.78, 5) is 77.8. The number of hydrogen-bond acceptors (Lipinski definition) is 10. The van der Waals surface area contributed by atoms with Crippen LogP contribution in [0, 0.1) is 0 Å². The van der Waals surface area contributed by atoms with Crippen molar-refractivity contribution < 1.29 is 28.8 Å². The molecule has 0 saturated heterocycles. The van der Waals surface area contributed by atoms with Gasteiger partial charge in [-0.15, -0.1) is 11.6 Å². The summed E-state index contributed by atoms with van der Waals surface area (Å²) in [6.45, 7) is 2.27. The largest absolute Gasteiger partial charge is 0.324 e. The first-order valence-corrected chi connectivity index (χ1v) is 20.5. The van der Waals surface area contributed by atoms with Crippen molar-refractivity contribution in [2.24, 2.45) is 20.5 Å². The van der Waals surface area contributed by atoms with Crippen molar-refractivity contribution in [3.8, 4) is 0 Å². The normalized spacial score (nSPS) is 12.1. The average Bonchev–Trinajstić information content (AvgIpc) is 3.22. The molecule has 62 heavy (non-hydrogen) atoms. The summed E-state index contributed by atoms with van der Waals surface area (Å²) >= 11 is 43.5. The maximum atomic E-state index is 13.4. The lowest BCUT2D eigenvalue weighted by Gasteiger charge is -2.15. The molecule has 0 aromatic heterocycles. The topological polar surface area (TPSA) is 200 Å². The minimum Gasteiger partial charge on any atom is -0.324 e. The zero-order valence-electron chi connectivity index (χ0n) is 31.9. The molecule has 2 atom stereocenters. The van der Waals surface area contributed by atoms with Crippen LogP contribution < -0.4 is 21.3 Å². The summed E-state index contributed by atoms with van der Waals surface area (Å²) in [6, 6.07) is 18.7. The lowest BCUT2D eigenvalue weighted by Crippen LogP contribution is -2.32. The standard InChI is InChI=1S/C41H29Cl7N8O6/c1-19(57)36(55-53-30-7-3-5-25(34(30)47)38(59)51-32-16-22(43)9-12-27(32)45)40(61)49-24-11-14-29(21(15-24)18-42)50-41(62)37(20(2)58)56-54-31-8-4-6-26(35(31)48)39(60)52-33-17-23(44)10-13-28(33)46/h3-17,36-37H,18H2,1-2H3,(H,49,61)(H,50,62)(H,51,59)(H,52,60). The van der Waals surface area contributed by atoms with Gasteiger partial charge in [0.15, 0.2) is 11.6 Å². The smallest absolute Gasteiger partial charge is 0.258 e. The number of halogens is 7. The Bertz CT molecular complexity index is 2680. The van der Waals surface area contributed by atoms with E-state index >= 15 is 0 Å². The fourth-order valence-electron chi connectivity index (χ4n) is 5.30. The van der Waals surface area contributed by atoms with Gasteiger partial charge in [-0.25, -0.2) is 0 Å². The molecule has 5 aromatic rings. The highest BCUT2D eigenvalue weighted by molar-refractivity contribution is 6.39. The van der Waals surface area contributed by atoms with Crippen LogP contribution in [0.2, 0.25) is 30.1 Å². The molecule has 0 bridgehead atoms. The molecule has 0 spiro atoms. The molecule has 0 aliphatic carbocycles. The van der Waals surface area contributed by atoms with Crippen molar-refractivity contribution in [3.05, 3.63) is 138 Å². The molecule has 21 heteroatoms. The Morgan fingerprint density at radius 3 is 1.42 bits per heavy atom. The molecular weight excluding hydrogens is 949 g/mol. The van der Waals surface area contributed by atoms with Crippen LogP contribution in [0.4, 0.5) is 34.1 Å². The van der Waals surface area contributed by atoms with Crippen molar-refractivity contribution in [2.45, 2.75) is 31.8 Å². The molecule has 318 valence electrons. The first-order valence-electron chi connectivity index (χ1n) is 17.7. The SMILES string of the molecule is CC(=O)C(N=Nc1cccc(C(=O)Nc2cc(Cl)ccc2Cl)c1Cl)C(=O)Nc1ccc(NC(=O)C(N=Nc2cccc(C(=O)Nc3cc(Cl)ccc3Cl)c2Cl)C(C)=O)c(CCl)c1. The van der Waals surface area contributed by atoms with E-state index < -0.39 is 47.3 Å². The Labute approximate surface area is 388 Å². The highest BCUT2D eigenvalue weighted by atomic mass is 35.5. The number of carbonyl (C=O) groups is 6. The number of nitrogens with one attached hydrogen (secondary N) is 4. The van der Waals surface area contributed by atoms with Crippen LogP contribution in [0.25, 0.3) is 0 Å². The maximum Gasteiger partial charge on any atom is 0.258 e. The molecule has 4 N–H and O–H groups in total. The van der Waals surface area contributed by atoms with Crippen molar-refractivity contribution in [1.82, 2.24) is 0 Å². The first-order chi connectivity index (χ1) is 29.5. The second kappa shape index (κ2) is 21.6.